The molecule has 0 atom stereocenters. The summed E-state index contributed by atoms with van der Waals surface area (Å²) in [6.45, 7) is 0.360. The smallest absolute Gasteiger partial charge is 0.244 e. The largest absolute Gasteiger partial charge is 0.347 e. The Morgan fingerprint density at radius 3 is 2.91 bits per heavy atom. The summed E-state index contributed by atoms with van der Waals surface area (Å²) in [5, 5.41) is 3.85. The zero-order valence-corrected chi connectivity index (χ0v) is 13.6. The third-order valence-electron chi connectivity index (χ3n) is 3.23. The van der Waals surface area contributed by atoms with E-state index in [-0.39, 0.29) is 5.91 Å². The van der Waals surface area contributed by atoms with Crippen LogP contribution in [0.2, 0.25) is 10.0 Å². The normalized spacial score (nSPS) is 11.2. The van der Waals surface area contributed by atoms with Gasteiger partial charge in [0.2, 0.25) is 5.91 Å². The number of nitrogens with zero attached hydrogens (tertiary/aromatic N) is 2. The molecule has 0 saturated heterocycles. The van der Waals surface area contributed by atoms with Crippen molar-refractivity contribution in [3.63, 3.8) is 0 Å². The van der Waals surface area contributed by atoms with E-state index in [2.05, 4.69) is 10.3 Å². The van der Waals surface area contributed by atoms with E-state index in [0.29, 0.717) is 16.6 Å². The first kappa shape index (κ1) is 15.6. The van der Waals surface area contributed by atoms with Gasteiger partial charge in [-0.05, 0) is 35.9 Å². The standard InChI is InChI=1S/C17H13Cl2N3O/c18-13-6-4-12(15(19)9-13)5-7-17(23)20-10-14-11-22-8-2-1-3-16(22)21-14/h1-9,11H,10H2,(H,20,23)/b7-5+. The highest BCUT2D eigenvalue weighted by atomic mass is 35.5. The van der Waals surface area contributed by atoms with E-state index in [1.54, 1.807) is 24.3 Å². The van der Waals surface area contributed by atoms with Crippen LogP contribution in [-0.4, -0.2) is 15.3 Å². The molecule has 6 heteroatoms. The van der Waals surface area contributed by atoms with Crippen LogP contribution in [-0.2, 0) is 11.3 Å². The molecule has 0 aliphatic heterocycles. The number of carbonyl (C=O) groups excluding carboxylic acids is 1. The van der Waals surface area contributed by atoms with Gasteiger partial charge in [-0.2, -0.15) is 0 Å². The zero-order chi connectivity index (χ0) is 16.2. The van der Waals surface area contributed by atoms with Crippen LogP contribution in [0.1, 0.15) is 11.3 Å². The first-order valence-corrected chi connectivity index (χ1v) is 7.71. The molecule has 2 heterocycles. The molecule has 0 fully saturated rings. The summed E-state index contributed by atoms with van der Waals surface area (Å²) in [6, 6.07) is 10.9. The van der Waals surface area contributed by atoms with Gasteiger partial charge in [0, 0.05) is 28.5 Å². The zero-order valence-electron chi connectivity index (χ0n) is 12.0. The Hall–Kier alpha value is -2.30. The Kier molecular flexibility index (Phi) is 4.65. The van der Waals surface area contributed by atoms with E-state index in [4.69, 9.17) is 23.2 Å². The lowest BCUT2D eigenvalue weighted by molar-refractivity contribution is -0.116. The molecule has 2 aromatic heterocycles. The highest BCUT2D eigenvalue weighted by Crippen LogP contribution is 2.21. The summed E-state index contributed by atoms with van der Waals surface area (Å²) in [5.74, 6) is -0.215. The maximum absolute atomic E-state index is 11.9. The Balaban J connectivity index is 1.61. The molecule has 1 N–H and O–H groups in total. The SMILES string of the molecule is O=C(/C=C/c1ccc(Cl)cc1Cl)NCc1cn2ccccc2n1. The number of hydrogen-bond donors (Lipinski definition) is 1. The summed E-state index contributed by atoms with van der Waals surface area (Å²) >= 11 is 11.9. The predicted molar refractivity (Wildman–Crippen MR) is 92.5 cm³/mol. The fourth-order valence-electron chi connectivity index (χ4n) is 2.11. The third-order valence-corrected chi connectivity index (χ3v) is 3.80. The highest BCUT2D eigenvalue weighted by molar-refractivity contribution is 6.35. The first-order valence-electron chi connectivity index (χ1n) is 6.95. The van der Waals surface area contributed by atoms with Crippen molar-refractivity contribution in [2.45, 2.75) is 6.54 Å². The third kappa shape index (κ3) is 3.92. The number of halogens is 2. The molecule has 0 radical (unpaired) electrons. The number of fused-ring (bicyclic) bond motifs is 1. The maximum Gasteiger partial charge on any atom is 0.244 e. The summed E-state index contributed by atoms with van der Waals surface area (Å²) in [4.78, 5) is 16.3. The minimum Gasteiger partial charge on any atom is -0.347 e. The van der Waals surface area contributed by atoms with Gasteiger partial charge in [-0.15, -0.1) is 0 Å². The topological polar surface area (TPSA) is 46.4 Å². The molecule has 116 valence electrons. The van der Waals surface area contributed by atoms with E-state index in [1.165, 1.54) is 6.08 Å². The monoisotopic (exact) mass is 345 g/mol. The van der Waals surface area contributed by atoms with Gasteiger partial charge in [-0.1, -0.05) is 35.3 Å². The number of rotatable bonds is 4. The van der Waals surface area contributed by atoms with Crippen molar-refractivity contribution < 1.29 is 4.79 Å². The molecule has 3 rings (SSSR count). The molecule has 1 amide bonds. The number of hydrogen-bond acceptors (Lipinski definition) is 2. The molecule has 0 aliphatic rings. The van der Waals surface area contributed by atoms with Crippen LogP contribution in [0.3, 0.4) is 0 Å². The second-order valence-electron chi connectivity index (χ2n) is 4.92. The van der Waals surface area contributed by atoms with Gasteiger partial charge in [-0.3, -0.25) is 4.79 Å². The minimum atomic E-state index is -0.215. The maximum atomic E-state index is 11.9. The number of aromatic nitrogens is 2. The minimum absolute atomic E-state index is 0.215. The van der Waals surface area contributed by atoms with Crippen molar-refractivity contribution in [3.8, 4) is 0 Å². The van der Waals surface area contributed by atoms with Crippen molar-refractivity contribution in [1.82, 2.24) is 14.7 Å². The van der Waals surface area contributed by atoms with Crippen molar-refractivity contribution in [1.29, 1.82) is 0 Å². The molecule has 23 heavy (non-hydrogen) atoms. The summed E-state index contributed by atoms with van der Waals surface area (Å²) in [7, 11) is 0. The van der Waals surface area contributed by atoms with Crippen LogP contribution in [0, 0.1) is 0 Å². The fourth-order valence-corrected chi connectivity index (χ4v) is 2.58. The van der Waals surface area contributed by atoms with Crippen LogP contribution >= 0.6 is 23.2 Å². The molecule has 3 aromatic rings. The molecule has 0 bridgehead atoms. The number of imidazole rings is 1. The number of carbonyl (C=O) groups is 1. The molecular formula is C17H13Cl2N3O. The Bertz CT molecular complexity index is 853. The molecule has 1 aromatic carbocycles. The van der Waals surface area contributed by atoms with Crippen LogP contribution in [0.25, 0.3) is 11.7 Å². The number of benzene rings is 1. The van der Waals surface area contributed by atoms with Crippen molar-refractivity contribution in [2.75, 3.05) is 0 Å². The van der Waals surface area contributed by atoms with Gasteiger partial charge < -0.3 is 9.72 Å². The first-order chi connectivity index (χ1) is 11.1. The highest BCUT2D eigenvalue weighted by Gasteiger charge is 2.03. The van der Waals surface area contributed by atoms with Crippen LogP contribution in [0.5, 0.6) is 0 Å². The lowest BCUT2D eigenvalue weighted by Gasteiger charge is -2.00. The quantitative estimate of drug-likeness (QED) is 0.727. The van der Waals surface area contributed by atoms with Crippen molar-refractivity contribution >= 4 is 40.8 Å². The van der Waals surface area contributed by atoms with Gasteiger partial charge in [0.1, 0.15) is 5.65 Å². The average Bonchev–Trinajstić information content (AvgIpc) is 2.95. The lowest BCUT2D eigenvalue weighted by Crippen LogP contribution is -2.20. The summed E-state index contributed by atoms with van der Waals surface area (Å²) in [5.41, 5.74) is 2.38. The van der Waals surface area contributed by atoms with Crippen LogP contribution in [0.4, 0.5) is 0 Å². The number of pyridine rings is 1. The van der Waals surface area contributed by atoms with E-state index in [0.717, 1.165) is 16.9 Å². The second-order valence-corrected chi connectivity index (χ2v) is 5.76. The number of amides is 1. The molecular weight excluding hydrogens is 333 g/mol. The van der Waals surface area contributed by atoms with Gasteiger partial charge in [-0.25, -0.2) is 4.98 Å². The summed E-state index contributed by atoms with van der Waals surface area (Å²) in [6.07, 6.45) is 6.88. The Morgan fingerprint density at radius 1 is 1.26 bits per heavy atom. The fraction of sp³-hybridized carbons (Fsp3) is 0.0588. The van der Waals surface area contributed by atoms with Crippen LogP contribution < -0.4 is 5.32 Å². The van der Waals surface area contributed by atoms with Gasteiger partial charge in [0.15, 0.2) is 0 Å². The molecule has 0 spiro atoms. The van der Waals surface area contributed by atoms with Crippen molar-refractivity contribution in [2.24, 2.45) is 0 Å². The summed E-state index contributed by atoms with van der Waals surface area (Å²) < 4.78 is 1.91. The van der Waals surface area contributed by atoms with E-state index < -0.39 is 0 Å². The second kappa shape index (κ2) is 6.86. The van der Waals surface area contributed by atoms with Gasteiger partial charge >= 0.3 is 0 Å². The lowest BCUT2D eigenvalue weighted by atomic mass is 10.2. The van der Waals surface area contributed by atoms with Crippen LogP contribution in [0.15, 0.2) is 54.9 Å². The Morgan fingerprint density at radius 2 is 2.13 bits per heavy atom. The molecule has 0 saturated carbocycles. The molecule has 0 unspecified atom stereocenters. The average molecular weight is 346 g/mol. The molecule has 4 nitrogen and oxygen atoms in total. The van der Waals surface area contributed by atoms with Gasteiger partial charge in [0.25, 0.3) is 0 Å². The predicted octanol–water partition coefficient (Wildman–Crippen LogP) is 3.97. The van der Waals surface area contributed by atoms with E-state index in [9.17, 15) is 4.79 Å². The van der Waals surface area contributed by atoms with Crippen molar-refractivity contribution in [3.05, 3.63) is 76.2 Å². The number of nitrogens with one attached hydrogen (secondary N) is 1. The van der Waals surface area contributed by atoms with E-state index in [1.807, 2.05) is 35.0 Å². The van der Waals surface area contributed by atoms with Gasteiger partial charge in [0.05, 0.1) is 12.2 Å². The Labute approximate surface area is 143 Å². The molecule has 0 aliphatic carbocycles. The van der Waals surface area contributed by atoms with E-state index >= 15 is 0 Å².